The second-order valence-corrected chi connectivity index (χ2v) is 15.0. The number of carboxylic acid groups (broad SMARTS) is 1. The average molecular weight is 689 g/mol. The topological polar surface area (TPSA) is 136 Å². The van der Waals surface area contributed by atoms with Gasteiger partial charge in [-0.15, -0.1) is 0 Å². The molecule has 0 radical (unpaired) electrons. The maximum absolute atomic E-state index is 14.1. The molecule has 0 aliphatic heterocycles. The van der Waals surface area contributed by atoms with Crippen molar-refractivity contribution in [1.29, 1.82) is 0 Å². The van der Waals surface area contributed by atoms with E-state index in [0.717, 1.165) is 37.2 Å². The van der Waals surface area contributed by atoms with Crippen LogP contribution in [0.25, 0.3) is 0 Å². The second kappa shape index (κ2) is 16.8. The lowest BCUT2D eigenvalue weighted by Gasteiger charge is -2.40. The number of carboxylic acids is 1. The molecule has 2 fully saturated rings. The number of carbonyl (C=O) groups excluding carboxylic acids is 2. The SMILES string of the molecule is CCN(c1ccccc1)S(=O)(=O)c1cccc(NC(=O)N(Cc2ccc(C(=O)NCCC(=O)O)cc2)C2CCC(C3CCCCC3)CC2)c1. The molecule has 0 heterocycles. The number of nitrogens with one attached hydrogen (secondary N) is 2. The number of urea groups is 1. The van der Waals surface area contributed by atoms with Gasteiger partial charge in [0.15, 0.2) is 0 Å². The van der Waals surface area contributed by atoms with Gasteiger partial charge < -0.3 is 20.6 Å². The third kappa shape index (κ3) is 9.41. The van der Waals surface area contributed by atoms with Gasteiger partial charge in [0.2, 0.25) is 0 Å². The van der Waals surface area contributed by atoms with Crippen molar-refractivity contribution in [3.63, 3.8) is 0 Å². The van der Waals surface area contributed by atoms with Crippen LogP contribution in [0.15, 0.2) is 83.8 Å². The number of nitrogens with zero attached hydrogens (tertiary/aromatic N) is 2. The molecule has 0 unspecified atom stereocenters. The molecule has 49 heavy (non-hydrogen) atoms. The maximum atomic E-state index is 14.1. The molecule has 0 bridgehead atoms. The van der Waals surface area contributed by atoms with Gasteiger partial charge in [-0.25, -0.2) is 13.2 Å². The normalized spacial score (nSPS) is 18.3. The Morgan fingerprint density at radius 3 is 2.14 bits per heavy atom. The summed E-state index contributed by atoms with van der Waals surface area (Å²) in [6, 6.07) is 22.0. The van der Waals surface area contributed by atoms with Gasteiger partial charge in [-0.2, -0.15) is 0 Å². The van der Waals surface area contributed by atoms with Crippen molar-refractivity contribution >= 4 is 39.3 Å². The summed E-state index contributed by atoms with van der Waals surface area (Å²) in [6.45, 7) is 2.40. The first-order valence-electron chi connectivity index (χ1n) is 17.5. The summed E-state index contributed by atoms with van der Waals surface area (Å²) < 4.78 is 28.7. The summed E-state index contributed by atoms with van der Waals surface area (Å²) in [7, 11) is -3.88. The predicted octanol–water partition coefficient (Wildman–Crippen LogP) is 7.28. The number of hydrogen-bond donors (Lipinski definition) is 3. The van der Waals surface area contributed by atoms with Crippen molar-refractivity contribution in [3.05, 3.63) is 90.0 Å². The number of carbonyl (C=O) groups is 3. The Balaban J connectivity index is 1.32. The first kappa shape index (κ1) is 35.9. The van der Waals surface area contributed by atoms with Crippen molar-refractivity contribution in [3.8, 4) is 0 Å². The van der Waals surface area contributed by atoms with E-state index in [1.807, 2.05) is 23.1 Å². The minimum atomic E-state index is -3.88. The Bertz CT molecular complexity index is 1670. The van der Waals surface area contributed by atoms with Gasteiger partial charge in [0.25, 0.3) is 15.9 Å². The molecule has 2 aliphatic carbocycles. The highest BCUT2D eigenvalue weighted by Gasteiger charge is 2.33. The molecule has 3 aromatic rings. The molecule has 11 heteroatoms. The molecule has 5 rings (SSSR count). The standard InChI is InChI=1S/C38H48N4O6S/c1-2-42(34-13-7-4-8-14-34)49(47,48)35-15-9-12-32(26-35)40-38(46)41(33-22-20-30(21-23-33)29-10-5-3-6-11-29)27-28-16-18-31(19-17-28)37(45)39-25-24-36(43)44/h4,7-9,12-19,26,29-30,33H,2-3,5-6,10-11,20-25,27H2,1H3,(H,39,45)(H,40,46)(H,43,44). The molecule has 0 atom stereocenters. The van der Waals surface area contributed by atoms with E-state index in [4.69, 9.17) is 5.11 Å². The number of rotatable bonds is 13. The molecule has 0 aromatic heterocycles. The average Bonchev–Trinajstić information content (AvgIpc) is 3.12. The van der Waals surface area contributed by atoms with Crippen molar-refractivity contribution < 1.29 is 27.9 Å². The third-order valence-corrected chi connectivity index (χ3v) is 11.9. The summed E-state index contributed by atoms with van der Waals surface area (Å²) >= 11 is 0. The van der Waals surface area contributed by atoms with E-state index in [1.165, 1.54) is 42.5 Å². The number of sulfonamides is 1. The lowest BCUT2D eigenvalue weighted by molar-refractivity contribution is -0.136. The Morgan fingerprint density at radius 2 is 1.49 bits per heavy atom. The molecular formula is C38H48N4O6S. The Hall–Kier alpha value is -4.38. The fourth-order valence-corrected chi connectivity index (χ4v) is 8.86. The summed E-state index contributed by atoms with van der Waals surface area (Å²) in [6.07, 6.45) is 10.3. The van der Waals surface area contributed by atoms with Gasteiger partial charge in [0.1, 0.15) is 0 Å². The molecule has 262 valence electrons. The van der Waals surface area contributed by atoms with E-state index in [2.05, 4.69) is 10.6 Å². The van der Waals surface area contributed by atoms with Gasteiger partial charge in [-0.05, 0) is 92.5 Å². The Kier molecular flexibility index (Phi) is 12.3. The number of para-hydroxylation sites is 1. The quantitative estimate of drug-likeness (QED) is 0.173. The van der Waals surface area contributed by atoms with Crippen LogP contribution in [0.3, 0.4) is 0 Å². The van der Waals surface area contributed by atoms with Gasteiger partial charge in [0.05, 0.1) is 17.0 Å². The van der Waals surface area contributed by atoms with E-state index < -0.39 is 16.0 Å². The van der Waals surface area contributed by atoms with Gasteiger partial charge >= 0.3 is 12.0 Å². The molecule has 0 spiro atoms. The van der Waals surface area contributed by atoms with Crippen LogP contribution in [0.5, 0.6) is 0 Å². The molecule has 3 amide bonds. The molecule has 3 N–H and O–H groups in total. The zero-order valence-electron chi connectivity index (χ0n) is 28.2. The largest absolute Gasteiger partial charge is 0.481 e. The van der Waals surface area contributed by atoms with Gasteiger partial charge in [0, 0.05) is 36.9 Å². The molecule has 3 aromatic carbocycles. The van der Waals surface area contributed by atoms with Crippen LogP contribution in [0.4, 0.5) is 16.2 Å². The van der Waals surface area contributed by atoms with E-state index in [-0.39, 0.29) is 42.4 Å². The maximum Gasteiger partial charge on any atom is 0.322 e. The number of anilines is 2. The minimum absolute atomic E-state index is 0.0133. The fourth-order valence-electron chi connectivity index (χ4n) is 7.34. The highest BCUT2D eigenvalue weighted by molar-refractivity contribution is 7.92. The number of benzene rings is 3. The summed E-state index contributed by atoms with van der Waals surface area (Å²) in [4.78, 5) is 39.3. The zero-order chi connectivity index (χ0) is 34.8. The number of aliphatic carboxylic acids is 1. The monoisotopic (exact) mass is 688 g/mol. The first-order chi connectivity index (χ1) is 23.7. The summed E-state index contributed by atoms with van der Waals surface area (Å²) in [5.74, 6) is 0.125. The fraction of sp³-hybridized carbons (Fsp3) is 0.447. The van der Waals surface area contributed by atoms with Crippen molar-refractivity contribution in [2.75, 3.05) is 22.7 Å². The lowest BCUT2D eigenvalue weighted by Crippen LogP contribution is -2.44. The molecular weight excluding hydrogens is 641 g/mol. The third-order valence-electron chi connectivity index (χ3n) is 9.96. The predicted molar refractivity (Wildman–Crippen MR) is 191 cm³/mol. The number of hydrogen-bond acceptors (Lipinski definition) is 5. The Labute approximate surface area is 289 Å². The molecule has 10 nitrogen and oxygen atoms in total. The lowest BCUT2D eigenvalue weighted by atomic mass is 9.72. The van der Waals surface area contributed by atoms with Crippen LogP contribution in [0.1, 0.15) is 87.1 Å². The smallest absolute Gasteiger partial charge is 0.322 e. The van der Waals surface area contributed by atoms with Crippen LogP contribution < -0.4 is 14.9 Å². The van der Waals surface area contributed by atoms with Crippen LogP contribution in [0.2, 0.25) is 0 Å². The second-order valence-electron chi connectivity index (χ2n) is 13.2. The van der Waals surface area contributed by atoms with Gasteiger partial charge in [-0.1, -0.05) is 68.5 Å². The van der Waals surface area contributed by atoms with Crippen LogP contribution in [0, 0.1) is 11.8 Å². The van der Waals surface area contributed by atoms with E-state index in [1.54, 1.807) is 61.5 Å². The minimum Gasteiger partial charge on any atom is -0.481 e. The molecule has 0 saturated heterocycles. The van der Waals surface area contributed by atoms with E-state index in [0.29, 0.717) is 29.4 Å². The van der Waals surface area contributed by atoms with E-state index >= 15 is 0 Å². The molecule has 2 saturated carbocycles. The van der Waals surface area contributed by atoms with Crippen molar-refractivity contribution in [1.82, 2.24) is 10.2 Å². The van der Waals surface area contributed by atoms with Crippen LogP contribution >= 0.6 is 0 Å². The zero-order valence-corrected chi connectivity index (χ0v) is 29.0. The summed E-state index contributed by atoms with van der Waals surface area (Å²) in [5.41, 5.74) is 2.22. The van der Waals surface area contributed by atoms with Crippen molar-refractivity contribution in [2.45, 2.75) is 88.6 Å². The van der Waals surface area contributed by atoms with Crippen LogP contribution in [-0.2, 0) is 21.4 Å². The first-order valence-corrected chi connectivity index (χ1v) is 18.9. The molecule has 2 aliphatic rings. The van der Waals surface area contributed by atoms with E-state index in [9.17, 15) is 22.8 Å². The van der Waals surface area contributed by atoms with Crippen LogP contribution in [-0.4, -0.2) is 55.5 Å². The van der Waals surface area contributed by atoms with Gasteiger partial charge in [-0.3, -0.25) is 13.9 Å². The number of amides is 3. The highest BCUT2D eigenvalue weighted by Crippen LogP contribution is 2.39. The Morgan fingerprint density at radius 1 is 0.816 bits per heavy atom. The summed E-state index contributed by atoms with van der Waals surface area (Å²) in [5, 5.41) is 14.5. The highest BCUT2D eigenvalue weighted by atomic mass is 32.2. The van der Waals surface area contributed by atoms with Crippen molar-refractivity contribution in [2.24, 2.45) is 11.8 Å².